The summed E-state index contributed by atoms with van der Waals surface area (Å²) >= 11 is 0. The number of carbonyl (C=O) groups is 3. The van der Waals surface area contributed by atoms with E-state index in [1.54, 1.807) is 25.3 Å². The van der Waals surface area contributed by atoms with Crippen molar-refractivity contribution < 1.29 is 32.7 Å². The number of likely N-dealkylation sites (N-methyl/N-ethyl adjacent to an activating group) is 1. The smallest absolute Gasteiger partial charge is 0.475 e. The molecule has 3 aromatic rings. The largest absolute Gasteiger partial charge is 0.490 e. The van der Waals surface area contributed by atoms with Crippen LogP contribution in [0.15, 0.2) is 48.7 Å². The predicted molar refractivity (Wildman–Crippen MR) is 122 cm³/mol. The molecule has 0 aliphatic carbocycles. The molecule has 0 saturated carbocycles. The van der Waals surface area contributed by atoms with Crippen LogP contribution >= 0.6 is 0 Å². The first-order valence-electron chi connectivity index (χ1n) is 10.9. The molecule has 2 amide bonds. The van der Waals surface area contributed by atoms with Crippen LogP contribution in [0.3, 0.4) is 0 Å². The Morgan fingerprint density at radius 1 is 1.08 bits per heavy atom. The molecule has 2 aromatic heterocycles. The minimum Gasteiger partial charge on any atom is -0.475 e. The van der Waals surface area contributed by atoms with E-state index in [0.29, 0.717) is 30.8 Å². The summed E-state index contributed by atoms with van der Waals surface area (Å²) in [5.74, 6) is -2.13. The van der Waals surface area contributed by atoms with E-state index in [9.17, 15) is 22.8 Å². The summed E-state index contributed by atoms with van der Waals surface area (Å²) in [6.45, 7) is 4.06. The number of aliphatic carboxylic acids is 1. The molecule has 4 rings (SSSR count). The van der Waals surface area contributed by atoms with Crippen molar-refractivity contribution >= 4 is 23.4 Å². The van der Waals surface area contributed by atoms with Gasteiger partial charge in [0.05, 0.1) is 11.6 Å². The number of rotatable bonds is 4. The number of carboxylic acid groups (broad SMARTS) is 1. The number of halogens is 3. The van der Waals surface area contributed by atoms with Crippen molar-refractivity contribution in [1.29, 1.82) is 0 Å². The Labute approximate surface area is 204 Å². The molecule has 0 spiro atoms. The van der Waals surface area contributed by atoms with Gasteiger partial charge in [-0.15, -0.1) is 10.2 Å². The summed E-state index contributed by atoms with van der Waals surface area (Å²) in [5.41, 5.74) is 2.25. The topological polar surface area (TPSA) is 120 Å². The van der Waals surface area contributed by atoms with Crippen LogP contribution in [-0.4, -0.2) is 80.1 Å². The van der Waals surface area contributed by atoms with E-state index >= 15 is 0 Å². The highest BCUT2D eigenvalue weighted by atomic mass is 19.4. The Hall–Kier alpha value is -4.00. The van der Waals surface area contributed by atoms with E-state index in [1.807, 2.05) is 46.7 Å². The van der Waals surface area contributed by atoms with E-state index < -0.39 is 12.1 Å². The number of aromatic nitrogens is 3. The van der Waals surface area contributed by atoms with Crippen LogP contribution in [0.25, 0.3) is 5.65 Å². The van der Waals surface area contributed by atoms with Crippen molar-refractivity contribution in [3.8, 4) is 0 Å². The molecule has 192 valence electrons. The normalized spacial score (nSPS) is 16.2. The number of alkyl halides is 3. The monoisotopic (exact) mass is 506 g/mol. The number of hydrogen-bond acceptors (Lipinski definition) is 6. The minimum atomic E-state index is -5.08. The number of benzene rings is 1. The molecule has 2 N–H and O–H groups in total. The average molecular weight is 506 g/mol. The van der Waals surface area contributed by atoms with Crippen LogP contribution in [-0.2, 0) is 16.1 Å². The number of hydrogen-bond donors (Lipinski definition) is 2. The van der Waals surface area contributed by atoms with Gasteiger partial charge < -0.3 is 15.3 Å². The van der Waals surface area contributed by atoms with Crippen molar-refractivity contribution in [2.45, 2.75) is 25.7 Å². The molecule has 36 heavy (non-hydrogen) atoms. The number of piperazine rings is 1. The fourth-order valence-electron chi connectivity index (χ4n) is 3.59. The first kappa shape index (κ1) is 26.6. The summed E-state index contributed by atoms with van der Waals surface area (Å²) in [6, 6.07) is 13.2. The molecule has 10 nitrogen and oxygen atoms in total. The zero-order valence-electron chi connectivity index (χ0n) is 19.6. The van der Waals surface area contributed by atoms with Crippen LogP contribution in [0.2, 0.25) is 0 Å². The molecule has 0 bridgehead atoms. The molecule has 1 aromatic carbocycles. The van der Waals surface area contributed by atoms with Crippen molar-refractivity contribution in [2.24, 2.45) is 0 Å². The molecule has 1 aliphatic heterocycles. The summed E-state index contributed by atoms with van der Waals surface area (Å²) in [6.07, 6.45) is -3.31. The predicted octanol–water partition coefficient (Wildman–Crippen LogP) is 2.13. The second-order valence-corrected chi connectivity index (χ2v) is 8.14. The van der Waals surface area contributed by atoms with Crippen LogP contribution < -0.4 is 5.32 Å². The summed E-state index contributed by atoms with van der Waals surface area (Å²) in [4.78, 5) is 37.4. The lowest BCUT2D eigenvalue weighted by Gasteiger charge is -2.38. The van der Waals surface area contributed by atoms with Crippen LogP contribution in [0.4, 0.5) is 13.2 Å². The van der Waals surface area contributed by atoms with Gasteiger partial charge in [0.1, 0.15) is 0 Å². The van der Waals surface area contributed by atoms with Gasteiger partial charge in [-0.3, -0.25) is 18.9 Å². The Balaban J connectivity index is 0.000000454. The molecule has 1 fully saturated rings. The first-order chi connectivity index (χ1) is 17.0. The fraction of sp³-hybridized carbons (Fsp3) is 0.348. The van der Waals surface area contributed by atoms with Crippen molar-refractivity contribution in [3.05, 3.63) is 65.6 Å². The number of nitrogens with zero attached hydrogens (tertiary/aromatic N) is 5. The second kappa shape index (κ2) is 11.2. The van der Waals surface area contributed by atoms with Crippen LogP contribution in [0.5, 0.6) is 0 Å². The summed E-state index contributed by atoms with van der Waals surface area (Å²) in [5, 5.41) is 18.7. The molecule has 3 heterocycles. The number of carboxylic acids is 1. The Kier molecular flexibility index (Phi) is 8.25. The van der Waals surface area contributed by atoms with Gasteiger partial charge in [0, 0.05) is 39.3 Å². The first-order valence-corrected chi connectivity index (χ1v) is 10.9. The number of fused-ring (bicyclic) bond motifs is 1. The van der Waals surface area contributed by atoms with E-state index in [0.717, 1.165) is 17.9 Å². The van der Waals surface area contributed by atoms with E-state index in [-0.39, 0.29) is 17.9 Å². The molecule has 1 unspecified atom stereocenters. The van der Waals surface area contributed by atoms with Gasteiger partial charge in [-0.05, 0) is 24.7 Å². The van der Waals surface area contributed by atoms with Crippen molar-refractivity contribution in [2.75, 3.05) is 26.7 Å². The van der Waals surface area contributed by atoms with Crippen LogP contribution in [0, 0.1) is 0 Å². The van der Waals surface area contributed by atoms with Gasteiger partial charge in [0.2, 0.25) is 5.91 Å². The molecule has 1 aliphatic rings. The Morgan fingerprint density at radius 2 is 1.75 bits per heavy atom. The minimum absolute atomic E-state index is 0.0536. The molecule has 0 radical (unpaired) electrons. The van der Waals surface area contributed by atoms with Crippen molar-refractivity contribution in [3.63, 3.8) is 0 Å². The zero-order chi connectivity index (χ0) is 26.5. The Morgan fingerprint density at radius 3 is 2.36 bits per heavy atom. The van der Waals surface area contributed by atoms with Gasteiger partial charge in [0.25, 0.3) is 5.91 Å². The lowest BCUT2D eigenvalue weighted by molar-refractivity contribution is -0.192. The highest BCUT2D eigenvalue weighted by molar-refractivity contribution is 5.94. The maximum atomic E-state index is 12.6. The van der Waals surface area contributed by atoms with Gasteiger partial charge in [0.15, 0.2) is 11.5 Å². The number of amides is 2. The maximum absolute atomic E-state index is 12.6. The zero-order valence-corrected chi connectivity index (χ0v) is 19.6. The standard InChI is InChI=1S/C21H24N6O2.C2HF3O2/c1-15(28)26-11-10-25(2)18(14-26)20-24-23-19-9-8-17(13-27(19)20)21(29)22-12-16-6-4-3-5-7-16;3-2(4,5)1(6)7/h3-9,13,18H,10-12,14H2,1-2H3,(H,22,29);(H,6,7). The number of pyridine rings is 1. The van der Waals surface area contributed by atoms with Gasteiger partial charge >= 0.3 is 12.1 Å². The Bertz CT molecular complexity index is 1230. The average Bonchev–Trinajstić information content (AvgIpc) is 3.26. The van der Waals surface area contributed by atoms with E-state index in [1.165, 1.54) is 0 Å². The van der Waals surface area contributed by atoms with Gasteiger partial charge in [-0.1, -0.05) is 30.3 Å². The van der Waals surface area contributed by atoms with Crippen LogP contribution in [0.1, 0.15) is 34.7 Å². The third kappa shape index (κ3) is 6.56. The lowest BCUT2D eigenvalue weighted by atomic mass is 10.1. The van der Waals surface area contributed by atoms with E-state index in [4.69, 9.17) is 9.90 Å². The lowest BCUT2D eigenvalue weighted by Crippen LogP contribution is -2.48. The molecule has 1 saturated heterocycles. The molecule has 13 heteroatoms. The third-order valence-corrected chi connectivity index (χ3v) is 5.62. The number of carbonyl (C=O) groups excluding carboxylic acids is 2. The van der Waals surface area contributed by atoms with Crippen molar-refractivity contribution in [1.82, 2.24) is 29.7 Å². The second-order valence-electron chi connectivity index (χ2n) is 8.14. The maximum Gasteiger partial charge on any atom is 0.490 e. The summed E-state index contributed by atoms with van der Waals surface area (Å²) in [7, 11) is 2.01. The third-order valence-electron chi connectivity index (χ3n) is 5.62. The highest BCUT2D eigenvalue weighted by Gasteiger charge is 2.38. The van der Waals surface area contributed by atoms with Gasteiger partial charge in [-0.2, -0.15) is 13.2 Å². The summed E-state index contributed by atoms with van der Waals surface area (Å²) < 4.78 is 33.6. The highest BCUT2D eigenvalue weighted by Crippen LogP contribution is 2.23. The molecular weight excluding hydrogens is 481 g/mol. The fourth-order valence-corrected chi connectivity index (χ4v) is 3.59. The molecular formula is C23H25F3N6O4. The van der Waals surface area contributed by atoms with Gasteiger partial charge in [-0.25, -0.2) is 4.79 Å². The van der Waals surface area contributed by atoms with E-state index in [2.05, 4.69) is 20.4 Å². The SMILES string of the molecule is CC(=O)N1CCN(C)C(c2nnc3ccc(C(=O)NCc4ccccc4)cn23)C1.O=C(O)C(F)(F)F. The molecule has 1 atom stereocenters. The quantitative estimate of drug-likeness (QED) is 0.556. The number of nitrogens with one attached hydrogen (secondary N) is 1.